The summed E-state index contributed by atoms with van der Waals surface area (Å²) in [6, 6.07) is 15.0. The van der Waals surface area contributed by atoms with Crippen LogP contribution in [0.1, 0.15) is 21.5 Å². The van der Waals surface area contributed by atoms with E-state index in [2.05, 4.69) is 9.71 Å². The monoisotopic (exact) mass is 458 g/mol. The molecule has 1 heterocycles. The fourth-order valence-corrected chi connectivity index (χ4v) is 4.22. The first-order chi connectivity index (χ1) is 15.3. The highest BCUT2D eigenvalue weighted by atomic mass is 32.2. The number of carboxylic acids is 1. The minimum atomic E-state index is -4.19. The van der Waals surface area contributed by atoms with Crippen LogP contribution in [0.5, 0.6) is 17.5 Å². The van der Waals surface area contributed by atoms with E-state index < -0.39 is 16.0 Å². The average molecular weight is 458 g/mol. The van der Waals surface area contributed by atoms with Gasteiger partial charge in [-0.05, 0) is 29.3 Å². The van der Waals surface area contributed by atoms with Crippen molar-refractivity contribution in [3.8, 4) is 17.5 Å². The first-order valence-electron chi connectivity index (χ1n) is 9.39. The van der Waals surface area contributed by atoms with Crippen LogP contribution in [0, 0.1) is 0 Å². The molecule has 168 valence electrons. The molecule has 10 heteroatoms. The molecule has 2 aromatic carbocycles. The number of methoxy groups -OCH3 is 3. The van der Waals surface area contributed by atoms with E-state index in [1.54, 1.807) is 6.07 Å². The molecule has 0 saturated carbocycles. The third-order valence-corrected chi connectivity index (χ3v) is 5.98. The minimum Gasteiger partial charge on any atom is -0.496 e. The molecule has 0 radical (unpaired) electrons. The van der Waals surface area contributed by atoms with Crippen LogP contribution in [-0.4, -0.2) is 45.8 Å². The Kier molecular flexibility index (Phi) is 6.84. The molecule has 0 fully saturated rings. The van der Waals surface area contributed by atoms with Gasteiger partial charge in [0.1, 0.15) is 11.4 Å². The molecule has 0 spiro atoms. The number of hydrogen-bond donors (Lipinski definition) is 2. The van der Waals surface area contributed by atoms with Gasteiger partial charge in [0.2, 0.25) is 11.8 Å². The molecule has 32 heavy (non-hydrogen) atoms. The Morgan fingerprint density at radius 1 is 1.00 bits per heavy atom. The molecule has 2 N–H and O–H groups in total. The van der Waals surface area contributed by atoms with E-state index in [1.165, 1.54) is 33.5 Å². The van der Waals surface area contributed by atoms with Crippen LogP contribution in [-0.2, 0) is 16.4 Å². The number of anilines is 1. The van der Waals surface area contributed by atoms with Gasteiger partial charge in [-0.25, -0.2) is 13.2 Å². The number of ether oxygens (including phenoxy) is 3. The van der Waals surface area contributed by atoms with Crippen molar-refractivity contribution in [3.63, 3.8) is 0 Å². The van der Waals surface area contributed by atoms with Crippen LogP contribution in [0.4, 0.5) is 5.69 Å². The van der Waals surface area contributed by atoms with Gasteiger partial charge in [0.25, 0.3) is 10.0 Å². The van der Waals surface area contributed by atoms with E-state index in [9.17, 15) is 18.3 Å². The Labute approximate surface area is 185 Å². The Morgan fingerprint density at radius 3 is 2.31 bits per heavy atom. The van der Waals surface area contributed by atoms with E-state index in [0.717, 1.165) is 11.6 Å². The number of nitrogens with one attached hydrogen (secondary N) is 1. The van der Waals surface area contributed by atoms with Crippen molar-refractivity contribution in [2.45, 2.75) is 11.3 Å². The zero-order valence-electron chi connectivity index (χ0n) is 17.7. The molecular weight excluding hydrogens is 436 g/mol. The van der Waals surface area contributed by atoms with Crippen LogP contribution < -0.4 is 18.9 Å². The zero-order chi connectivity index (χ0) is 23.3. The molecule has 0 saturated heterocycles. The molecule has 0 aliphatic heterocycles. The van der Waals surface area contributed by atoms with Gasteiger partial charge < -0.3 is 19.3 Å². The lowest BCUT2D eigenvalue weighted by Gasteiger charge is -2.16. The summed E-state index contributed by atoms with van der Waals surface area (Å²) in [7, 11) is -0.133. The lowest BCUT2D eigenvalue weighted by molar-refractivity contribution is 0.0697. The number of aromatic carboxylic acids is 1. The van der Waals surface area contributed by atoms with Crippen molar-refractivity contribution in [2.75, 3.05) is 26.1 Å². The maximum atomic E-state index is 13.1. The second kappa shape index (κ2) is 9.56. The topological polar surface area (TPSA) is 124 Å². The second-order valence-electron chi connectivity index (χ2n) is 6.64. The van der Waals surface area contributed by atoms with E-state index in [1.807, 2.05) is 30.3 Å². The molecule has 0 aliphatic rings. The average Bonchev–Trinajstić information content (AvgIpc) is 2.79. The summed E-state index contributed by atoms with van der Waals surface area (Å²) < 4.78 is 44.0. The number of sulfonamides is 1. The van der Waals surface area contributed by atoms with Gasteiger partial charge in [0.05, 0.1) is 31.8 Å². The third-order valence-electron chi connectivity index (χ3n) is 4.63. The van der Waals surface area contributed by atoms with Gasteiger partial charge in [-0.15, -0.1) is 0 Å². The molecule has 0 atom stereocenters. The number of carboxylic acid groups (broad SMARTS) is 1. The van der Waals surface area contributed by atoms with Crippen molar-refractivity contribution in [1.82, 2.24) is 4.98 Å². The Balaban J connectivity index is 2.04. The number of hydrogen-bond acceptors (Lipinski definition) is 7. The number of nitrogens with zero attached hydrogens (tertiary/aromatic N) is 1. The van der Waals surface area contributed by atoms with E-state index in [-0.39, 0.29) is 27.9 Å². The van der Waals surface area contributed by atoms with Crippen LogP contribution in [0.15, 0.2) is 59.5 Å². The number of benzene rings is 2. The van der Waals surface area contributed by atoms with Gasteiger partial charge in [-0.1, -0.05) is 30.3 Å². The second-order valence-corrected chi connectivity index (χ2v) is 8.33. The van der Waals surface area contributed by atoms with Crippen molar-refractivity contribution in [1.29, 1.82) is 0 Å². The Morgan fingerprint density at radius 2 is 1.72 bits per heavy atom. The number of aromatic nitrogens is 1. The van der Waals surface area contributed by atoms with Crippen molar-refractivity contribution < 1.29 is 32.5 Å². The van der Waals surface area contributed by atoms with Crippen molar-refractivity contribution in [2.24, 2.45) is 0 Å². The van der Waals surface area contributed by atoms with E-state index in [4.69, 9.17) is 14.2 Å². The summed E-state index contributed by atoms with van der Waals surface area (Å²) in [5.74, 6) is -1.11. The Bertz CT molecular complexity index is 1230. The van der Waals surface area contributed by atoms with E-state index in [0.29, 0.717) is 17.7 Å². The lowest BCUT2D eigenvalue weighted by atomic mass is 10.0. The molecule has 0 aliphatic carbocycles. The van der Waals surface area contributed by atoms with Gasteiger partial charge >= 0.3 is 5.97 Å². The highest BCUT2D eigenvalue weighted by molar-refractivity contribution is 7.92. The summed E-state index contributed by atoms with van der Waals surface area (Å²) >= 11 is 0. The minimum absolute atomic E-state index is 0.0307. The lowest BCUT2D eigenvalue weighted by Crippen LogP contribution is -2.17. The summed E-state index contributed by atoms with van der Waals surface area (Å²) in [4.78, 5) is 15.6. The standard InChI is InChI=1S/C22H22N2O7S/c1-29-18-10-9-16(12-15(18)11-14-7-5-4-6-8-14)32(27,28)24-20-17(22(25)26)13-19(30-2)23-21(20)31-3/h4-10,12-13,24H,11H2,1-3H3,(H,25,26). The maximum Gasteiger partial charge on any atom is 0.338 e. The van der Waals surface area contributed by atoms with Gasteiger partial charge in [-0.3, -0.25) is 4.72 Å². The van der Waals surface area contributed by atoms with Crippen LogP contribution in [0.25, 0.3) is 0 Å². The highest BCUT2D eigenvalue weighted by Crippen LogP contribution is 2.33. The zero-order valence-corrected chi connectivity index (χ0v) is 18.5. The molecule has 0 amide bonds. The third kappa shape index (κ3) is 4.92. The summed E-state index contributed by atoms with van der Waals surface area (Å²) in [5, 5.41) is 9.56. The normalized spacial score (nSPS) is 11.0. The summed E-state index contributed by atoms with van der Waals surface area (Å²) in [6.45, 7) is 0. The van der Waals surface area contributed by atoms with Gasteiger partial charge in [0.15, 0.2) is 0 Å². The SMILES string of the molecule is COc1cc(C(=O)O)c(NS(=O)(=O)c2ccc(OC)c(Cc3ccccc3)c2)c(OC)n1. The fourth-order valence-electron chi connectivity index (χ4n) is 3.09. The molecule has 0 unspecified atom stereocenters. The first kappa shape index (κ1) is 22.9. The predicted molar refractivity (Wildman–Crippen MR) is 117 cm³/mol. The Hall–Kier alpha value is -3.79. The summed E-state index contributed by atoms with van der Waals surface area (Å²) in [6.07, 6.45) is 0.446. The van der Waals surface area contributed by atoms with E-state index >= 15 is 0 Å². The molecule has 9 nitrogen and oxygen atoms in total. The predicted octanol–water partition coefficient (Wildman–Crippen LogP) is 3.20. The highest BCUT2D eigenvalue weighted by Gasteiger charge is 2.25. The van der Waals surface area contributed by atoms with Crippen molar-refractivity contribution in [3.05, 3.63) is 71.3 Å². The van der Waals surface area contributed by atoms with Crippen LogP contribution in [0.3, 0.4) is 0 Å². The molecule has 3 aromatic rings. The largest absolute Gasteiger partial charge is 0.496 e. The number of carbonyl (C=O) groups is 1. The molecule has 3 rings (SSSR count). The number of rotatable bonds is 9. The quantitative estimate of drug-likeness (QED) is 0.501. The van der Waals surface area contributed by atoms with Gasteiger partial charge in [-0.2, -0.15) is 4.98 Å². The fraction of sp³-hybridized carbons (Fsp3) is 0.182. The smallest absolute Gasteiger partial charge is 0.338 e. The van der Waals surface area contributed by atoms with Crippen LogP contribution >= 0.6 is 0 Å². The number of pyridine rings is 1. The van der Waals surface area contributed by atoms with Crippen LogP contribution in [0.2, 0.25) is 0 Å². The molecule has 1 aromatic heterocycles. The molecular formula is C22H22N2O7S. The first-order valence-corrected chi connectivity index (χ1v) is 10.9. The maximum absolute atomic E-state index is 13.1. The molecule has 0 bridgehead atoms. The van der Waals surface area contributed by atoms with Gasteiger partial charge in [0, 0.05) is 12.5 Å². The summed E-state index contributed by atoms with van der Waals surface area (Å²) in [5.41, 5.74) is 0.957. The van der Waals surface area contributed by atoms with Crippen molar-refractivity contribution >= 4 is 21.7 Å².